The van der Waals surface area contributed by atoms with E-state index in [0.29, 0.717) is 48.5 Å². The molecule has 3 heterocycles. The predicted octanol–water partition coefficient (Wildman–Crippen LogP) is 2.55. The molecule has 1 fully saturated rings. The Bertz CT molecular complexity index is 1090. The van der Waals surface area contributed by atoms with Crippen LogP contribution in [0.15, 0.2) is 57.9 Å². The van der Waals surface area contributed by atoms with Crippen molar-refractivity contribution >= 4 is 27.5 Å². The molecule has 28 heavy (non-hydrogen) atoms. The number of carbonyl (C=O) groups is 1. The third-order valence-electron chi connectivity index (χ3n) is 4.83. The second kappa shape index (κ2) is 7.81. The highest BCUT2D eigenvalue weighted by Gasteiger charge is 2.24. The lowest BCUT2D eigenvalue weighted by Crippen LogP contribution is -2.48. The smallest absolute Gasteiger partial charge is 0.258 e. The van der Waals surface area contributed by atoms with E-state index in [0.717, 1.165) is 0 Å². The number of fused-ring (bicyclic) bond motifs is 1. The van der Waals surface area contributed by atoms with Gasteiger partial charge in [0.05, 0.1) is 11.3 Å². The Labute approximate surface area is 169 Å². The summed E-state index contributed by atoms with van der Waals surface area (Å²) in [7, 11) is 0. The van der Waals surface area contributed by atoms with Crippen molar-refractivity contribution in [1.82, 2.24) is 19.2 Å². The van der Waals surface area contributed by atoms with Crippen LogP contribution in [0.3, 0.4) is 0 Å². The van der Waals surface area contributed by atoms with Crippen LogP contribution in [-0.4, -0.2) is 51.3 Å². The zero-order chi connectivity index (χ0) is 19.7. The Morgan fingerprint density at radius 3 is 2.68 bits per heavy atom. The maximum atomic E-state index is 14.0. The molecular weight excluding hydrogens is 427 g/mol. The average molecular weight is 445 g/mol. The minimum atomic E-state index is -0.517. The standard InChI is InChI=1S/C20H18BrFN4O2/c21-14-4-5-17(22)16(11-14)20(28)25-9-7-24(8-10-25)13-15-12-19(27)26-6-2-1-3-18(26)23-15/h1-6,11-12H,7-10,13H2. The summed E-state index contributed by atoms with van der Waals surface area (Å²) in [6.45, 7) is 2.80. The first-order valence-electron chi connectivity index (χ1n) is 8.95. The van der Waals surface area contributed by atoms with E-state index in [1.165, 1.54) is 16.5 Å². The highest BCUT2D eigenvalue weighted by atomic mass is 79.9. The van der Waals surface area contributed by atoms with Crippen molar-refractivity contribution < 1.29 is 9.18 Å². The molecule has 1 aromatic carbocycles. The number of benzene rings is 1. The lowest BCUT2D eigenvalue weighted by Gasteiger charge is -2.34. The Morgan fingerprint density at radius 1 is 1.11 bits per heavy atom. The van der Waals surface area contributed by atoms with Gasteiger partial charge in [-0.3, -0.25) is 18.9 Å². The number of amides is 1. The molecule has 0 N–H and O–H groups in total. The number of pyridine rings is 1. The van der Waals surface area contributed by atoms with Crippen LogP contribution in [-0.2, 0) is 6.54 Å². The van der Waals surface area contributed by atoms with Gasteiger partial charge in [0.15, 0.2) is 0 Å². The summed E-state index contributed by atoms with van der Waals surface area (Å²) in [4.78, 5) is 33.2. The fraction of sp³-hybridized carbons (Fsp3) is 0.250. The summed E-state index contributed by atoms with van der Waals surface area (Å²) >= 11 is 3.28. The van der Waals surface area contributed by atoms with Crippen molar-refractivity contribution in [3.05, 3.63) is 80.6 Å². The van der Waals surface area contributed by atoms with E-state index in [4.69, 9.17) is 0 Å². The maximum absolute atomic E-state index is 14.0. The summed E-state index contributed by atoms with van der Waals surface area (Å²) in [5.74, 6) is -0.822. The van der Waals surface area contributed by atoms with Gasteiger partial charge in [0.2, 0.25) is 0 Å². The first kappa shape index (κ1) is 18.8. The highest BCUT2D eigenvalue weighted by molar-refractivity contribution is 9.10. The molecule has 0 saturated carbocycles. The van der Waals surface area contributed by atoms with Crippen LogP contribution >= 0.6 is 15.9 Å². The van der Waals surface area contributed by atoms with E-state index in [-0.39, 0.29) is 17.0 Å². The van der Waals surface area contributed by atoms with Crippen LogP contribution in [0.2, 0.25) is 0 Å². The largest absolute Gasteiger partial charge is 0.336 e. The summed E-state index contributed by atoms with van der Waals surface area (Å²) < 4.78 is 16.2. The fourth-order valence-electron chi connectivity index (χ4n) is 3.35. The second-order valence-electron chi connectivity index (χ2n) is 6.71. The zero-order valence-electron chi connectivity index (χ0n) is 15.0. The number of aromatic nitrogens is 2. The number of hydrogen-bond acceptors (Lipinski definition) is 4. The van der Waals surface area contributed by atoms with Crippen LogP contribution < -0.4 is 5.56 Å². The molecule has 0 aliphatic carbocycles. The first-order chi connectivity index (χ1) is 13.5. The van der Waals surface area contributed by atoms with Crippen LogP contribution in [0, 0.1) is 5.82 Å². The number of nitrogens with zero attached hydrogens (tertiary/aromatic N) is 4. The molecule has 1 saturated heterocycles. The van der Waals surface area contributed by atoms with E-state index >= 15 is 0 Å². The van der Waals surface area contributed by atoms with Crippen molar-refractivity contribution in [3.63, 3.8) is 0 Å². The Hall–Kier alpha value is -2.58. The number of carbonyl (C=O) groups excluding carboxylic acids is 1. The lowest BCUT2D eigenvalue weighted by molar-refractivity contribution is 0.0622. The van der Waals surface area contributed by atoms with E-state index in [2.05, 4.69) is 25.8 Å². The van der Waals surface area contributed by atoms with Crippen molar-refractivity contribution in [1.29, 1.82) is 0 Å². The molecule has 4 rings (SSSR count). The van der Waals surface area contributed by atoms with E-state index < -0.39 is 5.82 Å². The Kier molecular flexibility index (Phi) is 5.23. The monoisotopic (exact) mass is 444 g/mol. The van der Waals surface area contributed by atoms with Crippen molar-refractivity contribution in [2.24, 2.45) is 0 Å². The first-order valence-corrected chi connectivity index (χ1v) is 9.74. The number of halogens is 2. The molecule has 0 radical (unpaired) electrons. The summed E-state index contributed by atoms with van der Waals surface area (Å²) in [6.07, 6.45) is 1.69. The van der Waals surface area contributed by atoms with Crippen molar-refractivity contribution in [2.45, 2.75) is 6.54 Å². The molecule has 0 bridgehead atoms. The van der Waals surface area contributed by atoms with Gasteiger partial charge in [-0.25, -0.2) is 9.37 Å². The third kappa shape index (κ3) is 3.83. The lowest BCUT2D eigenvalue weighted by atomic mass is 10.1. The molecule has 3 aromatic rings. The molecule has 0 atom stereocenters. The number of rotatable bonds is 3. The van der Waals surface area contributed by atoms with Gasteiger partial charge in [-0.15, -0.1) is 0 Å². The molecule has 2 aromatic heterocycles. The molecular formula is C20H18BrFN4O2. The van der Waals surface area contributed by atoms with Gasteiger partial charge in [-0.05, 0) is 30.3 Å². The molecule has 0 spiro atoms. The van der Waals surface area contributed by atoms with Crippen molar-refractivity contribution in [2.75, 3.05) is 26.2 Å². The quantitative estimate of drug-likeness (QED) is 0.622. The maximum Gasteiger partial charge on any atom is 0.258 e. The number of hydrogen-bond donors (Lipinski definition) is 0. The van der Waals surface area contributed by atoms with E-state index in [9.17, 15) is 14.0 Å². The predicted molar refractivity (Wildman–Crippen MR) is 107 cm³/mol. The molecule has 144 valence electrons. The van der Waals surface area contributed by atoms with Gasteiger partial charge < -0.3 is 4.90 Å². The molecule has 6 nitrogen and oxygen atoms in total. The van der Waals surface area contributed by atoms with Crippen LogP contribution in [0.1, 0.15) is 16.1 Å². The molecule has 1 aliphatic heterocycles. The molecule has 8 heteroatoms. The third-order valence-corrected chi connectivity index (χ3v) is 5.32. The normalized spacial score (nSPS) is 15.1. The van der Waals surface area contributed by atoms with Gasteiger partial charge in [-0.1, -0.05) is 22.0 Å². The summed E-state index contributed by atoms with van der Waals surface area (Å²) in [5, 5.41) is 0. The molecule has 1 amide bonds. The zero-order valence-corrected chi connectivity index (χ0v) is 16.6. The minimum Gasteiger partial charge on any atom is -0.336 e. The Morgan fingerprint density at radius 2 is 1.89 bits per heavy atom. The van der Waals surface area contributed by atoms with Crippen LogP contribution in [0.25, 0.3) is 5.65 Å². The van der Waals surface area contributed by atoms with Gasteiger partial charge >= 0.3 is 0 Å². The average Bonchev–Trinajstić information content (AvgIpc) is 2.70. The minimum absolute atomic E-state index is 0.0760. The summed E-state index contributed by atoms with van der Waals surface area (Å²) in [5.41, 5.74) is 1.28. The van der Waals surface area contributed by atoms with E-state index in [1.54, 1.807) is 35.4 Å². The van der Waals surface area contributed by atoms with Crippen molar-refractivity contribution in [3.8, 4) is 0 Å². The second-order valence-corrected chi connectivity index (χ2v) is 7.62. The summed E-state index contributed by atoms with van der Waals surface area (Å²) in [6, 6.07) is 11.4. The number of piperazine rings is 1. The van der Waals surface area contributed by atoms with Gasteiger partial charge in [-0.2, -0.15) is 0 Å². The topological polar surface area (TPSA) is 57.9 Å². The highest BCUT2D eigenvalue weighted by Crippen LogP contribution is 2.18. The van der Waals surface area contributed by atoms with Gasteiger partial charge in [0, 0.05) is 49.5 Å². The van der Waals surface area contributed by atoms with Gasteiger partial charge in [0.25, 0.3) is 11.5 Å². The van der Waals surface area contributed by atoms with E-state index in [1.807, 2.05) is 6.07 Å². The van der Waals surface area contributed by atoms with Crippen LogP contribution in [0.4, 0.5) is 4.39 Å². The van der Waals surface area contributed by atoms with Crippen LogP contribution in [0.5, 0.6) is 0 Å². The fourth-order valence-corrected chi connectivity index (χ4v) is 3.72. The molecule has 0 unspecified atom stereocenters. The Balaban J connectivity index is 1.42. The van der Waals surface area contributed by atoms with Gasteiger partial charge in [0.1, 0.15) is 11.5 Å². The molecule has 1 aliphatic rings. The SMILES string of the molecule is O=C(c1cc(Br)ccc1F)N1CCN(Cc2cc(=O)n3ccccc3n2)CC1.